The molecule has 0 saturated heterocycles. The highest BCUT2D eigenvalue weighted by atomic mass is 15.2. The van der Waals surface area contributed by atoms with Crippen molar-refractivity contribution in [2.45, 2.75) is 46.7 Å². The Kier molecular flexibility index (Phi) is 6.05. The molecule has 1 aromatic rings. The lowest BCUT2D eigenvalue weighted by Crippen LogP contribution is -2.34. The molecule has 0 aliphatic heterocycles. The van der Waals surface area contributed by atoms with Gasteiger partial charge in [0, 0.05) is 25.8 Å². The highest BCUT2D eigenvalue weighted by molar-refractivity contribution is 5.36. The Morgan fingerprint density at radius 2 is 2.00 bits per heavy atom. The molecule has 4 nitrogen and oxygen atoms in total. The molecule has 1 N–H and O–H groups in total. The second-order valence-electron chi connectivity index (χ2n) is 5.14. The van der Waals surface area contributed by atoms with E-state index in [2.05, 4.69) is 54.9 Å². The molecule has 4 heteroatoms. The molecule has 0 radical (unpaired) electrons. The molecule has 18 heavy (non-hydrogen) atoms. The molecule has 0 aromatic carbocycles. The van der Waals surface area contributed by atoms with Crippen molar-refractivity contribution in [3.8, 4) is 0 Å². The highest BCUT2D eigenvalue weighted by Crippen LogP contribution is 2.16. The highest BCUT2D eigenvalue weighted by Gasteiger charge is 2.15. The van der Waals surface area contributed by atoms with Gasteiger partial charge < -0.3 is 10.2 Å². The molecule has 0 amide bonds. The number of anilines is 1. The maximum atomic E-state index is 4.65. The standard InChI is InChI=1S/C14H26N4/c1-6-7-15-8-13-9-16-10-14(17-13)18(5)12(4)11(2)3/h9-12,15H,6-8H2,1-5H3. The van der Waals surface area contributed by atoms with E-state index in [-0.39, 0.29) is 0 Å². The molecule has 0 bridgehead atoms. The maximum Gasteiger partial charge on any atom is 0.147 e. The lowest BCUT2D eigenvalue weighted by molar-refractivity contribution is 0.501. The first kappa shape index (κ1) is 14.9. The minimum atomic E-state index is 0.457. The van der Waals surface area contributed by atoms with E-state index in [1.165, 1.54) is 0 Å². The summed E-state index contributed by atoms with van der Waals surface area (Å²) >= 11 is 0. The molecule has 0 saturated carbocycles. The molecule has 0 aliphatic carbocycles. The first-order valence-corrected chi connectivity index (χ1v) is 6.80. The fraction of sp³-hybridized carbons (Fsp3) is 0.714. The predicted molar refractivity (Wildman–Crippen MR) is 76.7 cm³/mol. The van der Waals surface area contributed by atoms with Crippen LogP contribution in [0.2, 0.25) is 0 Å². The Morgan fingerprint density at radius 1 is 1.28 bits per heavy atom. The van der Waals surface area contributed by atoms with Gasteiger partial charge in [-0.1, -0.05) is 20.8 Å². The number of hydrogen-bond acceptors (Lipinski definition) is 4. The fourth-order valence-corrected chi connectivity index (χ4v) is 1.70. The van der Waals surface area contributed by atoms with Crippen LogP contribution in [0.1, 0.15) is 39.8 Å². The van der Waals surface area contributed by atoms with Crippen molar-refractivity contribution in [1.29, 1.82) is 0 Å². The lowest BCUT2D eigenvalue weighted by atomic mass is 10.1. The summed E-state index contributed by atoms with van der Waals surface area (Å²) < 4.78 is 0. The average molecular weight is 250 g/mol. The second kappa shape index (κ2) is 7.31. The van der Waals surface area contributed by atoms with Crippen molar-refractivity contribution in [1.82, 2.24) is 15.3 Å². The van der Waals surface area contributed by atoms with E-state index >= 15 is 0 Å². The smallest absolute Gasteiger partial charge is 0.147 e. The molecule has 0 spiro atoms. The van der Waals surface area contributed by atoms with Crippen molar-refractivity contribution in [3.63, 3.8) is 0 Å². The van der Waals surface area contributed by atoms with E-state index in [4.69, 9.17) is 0 Å². The van der Waals surface area contributed by atoms with Crippen LogP contribution < -0.4 is 10.2 Å². The van der Waals surface area contributed by atoms with Crippen molar-refractivity contribution in [2.24, 2.45) is 5.92 Å². The van der Waals surface area contributed by atoms with Crippen molar-refractivity contribution >= 4 is 5.82 Å². The minimum Gasteiger partial charge on any atom is -0.355 e. The first-order valence-electron chi connectivity index (χ1n) is 6.80. The number of nitrogens with one attached hydrogen (secondary N) is 1. The Bertz CT molecular complexity index is 351. The zero-order valence-electron chi connectivity index (χ0n) is 12.3. The van der Waals surface area contributed by atoms with Gasteiger partial charge in [0.15, 0.2) is 0 Å². The van der Waals surface area contributed by atoms with Crippen molar-refractivity contribution < 1.29 is 0 Å². The molecule has 1 aromatic heterocycles. The maximum absolute atomic E-state index is 4.65. The molecule has 1 atom stereocenters. The van der Waals surface area contributed by atoms with Crippen LogP contribution in [-0.2, 0) is 6.54 Å². The molecule has 1 rings (SSSR count). The van der Waals surface area contributed by atoms with Gasteiger partial charge in [-0.15, -0.1) is 0 Å². The van der Waals surface area contributed by atoms with Gasteiger partial charge in [-0.05, 0) is 25.8 Å². The van der Waals surface area contributed by atoms with E-state index < -0.39 is 0 Å². The normalized spacial score (nSPS) is 12.8. The lowest BCUT2D eigenvalue weighted by Gasteiger charge is -2.28. The monoisotopic (exact) mass is 250 g/mol. The van der Waals surface area contributed by atoms with E-state index in [1.54, 1.807) is 0 Å². The Hall–Kier alpha value is -1.16. The molecule has 0 fully saturated rings. The van der Waals surface area contributed by atoms with E-state index in [0.717, 1.165) is 31.0 Å². The topological polar surface area (TPSA) is 41.1 Å². The van der Waals surface area contributed by atoms with Gasteiger partial charge in [0.05, 0.1) is 11.9 Å². The van der Waals surface area contributed by atoms with Gasteiger partial charge in [-0.3, -0.25) is 4.98 Å². The van der Waals surface area contributed by atoms with E-state index in [1.807, 2.05) is 12.4 Å². The fourth-order valence-electron chi connectivity index (χ4n) is 1.70. The van der Waals surface area contributed by atoms with Crippen LogP contribution >= 0.6 is 0 Å². The molecular weight excluding hydrogens is 224 g/mol. The van der Waals surface area contributed by atoms with Crippen LogP contribution in [0, 0.1) is 5.92 Å². The summed E-state index contributed by atoms with van der Waals surface area (Å²) in [5.41, 5.74) is 1.00. The molecular formula is C14H26N4. The van der Waals surface area contributed by atoms with Crippen molar-refractivity contribution in [3.05, 3.63) is 18.1 Å². The Balaban J connectivity index is 2.69. The first-order chi connectivity index (χ1) is 8.56. The Morgan fingerprint density at radius 3 is 2.61 bits per heavy atom. The van der Waals surface area contributed by atoms with Gasteiger partial charge in [-0.2, -0.15) is 0 Å². The molecule has 1 unspecified atom stereocenters. The number of rotatable bonds is 7. The van der Waals surface area contributed by atoms with Crippen LogP contribution in [0.15, 0.2) is 12.4 Å². The van der Waals surface area contributed by atoms with Crippen LogP contribution in [0.5, 0.6) is 0 Å². The second-order valence-corrected chi connectivity index (χ2v) is 5.14. The van der Waals surface area contributed by atoms with Crippen LogP contribution in [0.3, 0.4) is 0 Å². The number of aromatic nitrogens is 2. The van der Waals surface area contributed by atoms with E-state index in [9.17, 15) is 0 Å². The average Bonchev–Trinajstić information content (AvgIpc) is 2.37. The van der Waals surface area contributed by atoms with Gasteiger partial charge in [0.1, 0.15) is 5.82 Å². The van der Waals surface area contributed by atoms with Gasteiger partial charge in [0.2, 0.25) is 0 Å². The van der Waals surface area contributed by atoms with Crippen LogP contribution in [0.25, 0.3) is 0 Å². The molecule has 0 aliphatic rings. The summed E-state index contributed by atoms with van der Waals surface area (Å²) in [6.07, 6.45) is 4.81. The largest absolute Gasteiger partial charge is 0.355 e. The quantitative estimate of drug-likeness (QED) is 0.755. The summed E-state index contributed by atoms with van der Waals surface area (Å²) in [6, 6.07) is 0.457. The minimum absolute atomic E-state index is 0.457. The zero-order chi connectivity index (χ0) is 13.5. The van der Waals surface area contributed by atoms with Crippen LogP contribution in [-0.4, -0.2) is 29.6 Å². The molecule has 1 heterocycles. The summed E-state index contributed by atoms with van der Waals surface area (Å²) in [5, 5.41) is 3.35. The van der Waals surface area contributed by atoms with Crippen LogP contribution in [0.4, 0.5) is 5.82 Å². The van der Waals surface area contributed by atoms with Gasteiger partial charge in [0.25, 0.3) is 0 Å². The summed E-state index contributed by atoms with van der Waals surface area (Å²) in [5.74, 6) is 1.55. The summed E-state index contributed by atoms with van der Waals surface area (Å²) in [4.78, 5) is 11.1. The van der Waals surface area contributed by atoms with Gasteiger partial charge >= 0.3 is 0 Å². The third-order valence-electron chi connectivity index (χ3n) is 3.34. The van der Waals surface area contributed by atoms with Crippen molar-refractivity contribution in [2.75, 3.05) is 18.5 Å². The SMILES string of the molecule is CCCNCc1cncc(N(C)C(C)C(C)C)n1. The number of hydrogen-bond donors (Lipinski definition) is 1. The zero-order valence-corrected chi connectivity index (χ0v) is 12.3. The third kappa shape index (κ3) is 4.26. The van der Waals surface area contributed by atoms with Gasteiger partial charge in [-0.25, -0.2) is 4.98 Å². The predicted octanol–water partition coefficient (Wildman–Crippen LogP) is 2.46. The third-order valence-corrected chi connectivity index (χ3v) is 3.34. The Labute approximate surface area is 111 Å². The number of nitrogens with zero attached hydrogens (tertiary/aromatic N) is 3. The summed E-state index contributed by atoms with van der Waals surface area (Å²) in [6.45, 7) is 10.6. The molecule has 102 valence electrons. The summed E-state index contributed by atoms with van der Waals surface area (Å²) in [7, 11) is 2.08. The van der Waals surface area contributed by atoms with E-state index in [0.29, 0.717) is 12.0 Å².